The normalized spacial score (nSPS) is 8.20. The maximum absolute atomic E-state index is 4.94. The number of benzene rings is 1. The van der Waals surface area contributed by atoms with Crippen LogP contribution >= 0.6 is 12.6 Å². The molecule has 1 aromatic carbocycles. The van der Waals surface area contributed by atoms with Gasteiger partial charge < -0.3 is 4.74 Å². The van der Waals surface area contributed by atoms with E-state index in [0.29, 0.717) is 0 Å². The third-order valence-electron chi connectivity index (χ3n) is 1.07. The van der Waals surface area contributed by atoms with Crippen molar-refractivity contribution in [1.29, 1.82) is 0 Å². The Morgan fingerprint density at radius 1 is 1.20 bits per heavy atom. The average Bonchev–Trinajstić information content (AvgIpc) is 1.90. The zero-order valence-electron chi connectivity index (χ0n) is 5.87. The van der Waals surface area contributed by atoms with Crippen molar-refractivity contribution in [2.24, 2.45) is 0 Å². The first kappa shape index (κ1) is 9.93. The Kier molecular flexibility index (Phi) is 4.67. The molecule has 0 radical (unpaired) electrons. The van der Waals surface area contributed by atoms with Gasteiger partial charge in [-0.05, 0) is 24.3 Å². The third kappa shape index (κ3) is 2.67. The fourth-order valence-electron chi connectivity index (χ4n) is 0.582. The summed E-state index contributed by atoms with van der Waals surface area (Å²) in [6.07, 6.45) is 0. The standard InChI is InChI=1S/C7H8OS.AsH3/c1-8-6-2-4-7(9)5-3-6;/h2-5,9H,1H3;1H3. The molecule has 0 bridgehead atoms. The molecule has 3 heteroatoms. The molecule has 0 heterocycles. The molecule has 0 fully saturated rings. The van der Waals surface area contributed by atoms with E-state index in [1.54, 1.807) is 7.11 Å². The maximum atomic E-state index is 4.94. The van der Waals surface area contributed by atoms with Crippen LogP contribution in [-0.2, 0) is 0 Å². The van der Waals surface area contributed by atoms with Gasteiger partial charge in [-0.25, -0.2) is 0 Å². The number of ether oxygens (including phenoxy) is 1. The topological polar surface area (TPSA) is 9.23 Å². The van der Waals surface area contributed by atoms with Crippen molar-refractivity contribution in [3.63, 3.8) is 0 Å². The minimum atomic E-state index is 0. The van der Waals surface area contributed by atoms with E-state index < -0.39 is 0 Å². The first-order valence-corrected chi connectivity index (χ1v) is 3.10. The van der Waals surface area contributed by atoms with E-state index in [4.69, 9.17) is 4.74 Å². The summed E-state index contributed by atoms with van der Waals surface area (Å²) in [4.78, 5) is 0.954. The summed E-state index contributed by atoms with van der Waals surface area (Å²) in [7, 11) is 1.65. The molecule has 0 aliphatic rings. The molecular formula is C7H11AsOS. The molecule has 0 aromatic heterocycles. The van der Waals surface area contributed by atoms with E-state index in [1.807, 2.05) is 24.3 Å². The Balaban J connectivity index is 0.000000810. The number of hydrogen-bond acceptors (Lipinski definition) is 2. The van der Waals surface area contributed by atoms with E-state index in [0.717, 1.165) is 10.6 Å². The molecule has 1 nitrogen and oxygen atoms in total. The van der Waals surface area contributed by atoms with Gasteiger partial charge >= 0.3 is 18.0 Å². The molecule has 0 saturated carbocycles. The van der Waals surface area contributed by atoms with Gasteiger partial charge in [-0.2, -0.15) is 0 Å². The van der Waals surface area contributed by atoms with Crippen molar-refractivity contribution in [2.45, 2.75) is 4.90 Å². The molecular weight excluding hydrogens is 207 g/mol. The van der Waals surface area contributed by atoms with Gasteiger partial charge in [0, 0.05) is 4.90 Å². The predicted octanol–water partition coefficient (Wildman–Crippen LogP) is 0.800. The van der Waals surface area contributed by atoms with Gasteiger partial charge in [-0.1, -0.05) is 0 Å². The average molecular weight is 218 g/mol. The van der Waals surface area contributed by atoms with Crippen molar-refractivity contribution in [3.8, 4) is 5.75 Å². The second-order valence-corrected chi connectivity index (χ2v) is 2.21. The van der Waals surface area contributed by atoms with E-state index in [-0.39, 0.29) is 18.0 Å². The van der Waals surface area contributed by atoms with Crippen LogP contribution in [0.15, 0.2) is 29.2 Å². The van der Waals surface area contributed by atoms with Crippen LogP contribution in [0.4, 0.5) is 0 Å². The van der Waals surface area contributed by atoms with E-state index in [9.17, 15) is 0 Å². The Hall–Kier alpha value is -0.0716. The van der Waals surface area contributed by atoms with E-state index in [2.05, 4.69) is 12.6 Å². The first-order chi connectivity index (χ1) is 4.33. The molecule has 1 atom stereocenters. The molecule has 1 unspecified atom stereocenters. The van der Waals surface area contributed by atoms with Gasteiger partial charge in [-0.3, -0.25) is 0 Å². The zero-order chi connectivity index (χ0) is 6.69. The van der Waals surface area contributed by atoms with Crippen LogP contribution in [-0.4, -0.2) is 25.1 Å². The number of thiol groups is 1. The molecule has 1 aromatic rings. The predicted molar refractivity (Wildman–Crippen MR) is 50.2 cm³/mol. The summed E-state index contributed by atoms with van der Waals surface area (Å²) in [5.74, 6) is 0.868. The van der Waals surface area contributed by atoms with Crippen molar-refractivity contribution in [2.75, 3.05) is 7.11 Å². The number of methoxy groups -OCH3 is 1. The van der Waals surface area contributed by atoms with Crippen LogP contribution in [0.1, 0.15) is 0 Å². The van der Waals surface area contributed by atoms with Crippen molar-refractivity contribution >= 4 is 30.6 Å². The monoisotopic (exact) mass is 218 g/mol. The molecule has 0 N–H and O–H groups in total. The summed E-state index contributed by atoms with van der Waals surface area (Å²) in [5.41, 5.74) is 0. The Morgan fingerprint density at radius 3 is 2.10 bits per heavy atom. The molecule has 0 aliphatic carbocycles. The summed E-state index contributed by atoms with van der Waals surface area (Å²) in [5, 5.41) is 0. The number of hydrogen-bond donors (Lipinski definition) is 1. The van der Waals surface area contributed by atoms with E-state index >= 15 is 0 Å². The second kappa shape index (κ2) is 4.70. The van der Waals surface area contributed by atoms with Crippen LogP contribution in [0.2, 0.25) is 0 Å². The van der Waals surface area contributed by atoms with Crippen molar-refractivity contribution < 1.29 is 4.74 Å². The Morgan fingerprint density at radius 2 is 1.70 bits per heavy atom. The summed E-state index contributed by atoms with van der Waals surface area (Å²) >= 11 is 4.11. The third-order valence-corrected chi connectivity index (χ3v) is 1.37. The molecule has 1 rings (SSSR count). The van der Waals surface area contributed by atoms with Gasteiger partial charge in [-0.15, -0.1) is 12.6 Å². The summed E-state index contributed by atoms with van der Waals surface area (Å²) in [6.45, 7) is 0. The summed E-state index contributed by atoms with van der Waals surface area (Å²) in [6, 6.07) is 7.54. The van der Waals surface area contributed by atoms with Gasteiger partial charge in [0.15, 0.2) is 0 Å². The second-order valence-electron chi connectivity index (χ2n) is 1.70. The fraction of sp³-hybridized carbons (Fsp3) is 0.143. The molecule has 0 amide bonds. The molecule has 0 aliphatic heterocycles. The zero-order valence-corrected chi connectivity index (χ0v) is 9.73. The van der Waals surface area contributed by atoms with E-state index in [1.165, 1.54) is 0 Å². The molecule has 0 spiro atoms. The van der Waals surface area contributed by atoms with Gasteiger partial charge in [0.2, 0.25) is 0 Å². The Bertz CT molecular complexity index is 185. The van der Waals surface area contributed by atoms with Gasteiger partial charge in [0.05, 0.1) is 7.11 Å². The summed E-state index contributed by atoms with van der Waals surface area (Å²) < 4.78 is 4.94. The Labute approximate surface area is 77.5 Å². The number of rotatable bonds is 1. The molecule has 10 heavy (non-hydrogen) atoms. The van der Waals surface area contributed by atoms with Crippen LogP contribution in [0.25, 0.3) is 0 Å². The minimum absolute atomic E-state index is 0. The fourth-order valence-corrected chi connectivity index (χ4v) is 0.731. The SMILES string of the molecule is COc1ccc(S)cc1.[AsH3]. The van der Waals surface area contributed by atoms with Gasteiger partial charge in [0.25, 0.3) is 0 Å². The van der Waals surface area contributed by atoms with Crippen LogP contribution in [0, 0.1) is 0 Å². The first-order valence-electron chi connectivity index (χ1n) is 2.66. The van der Waals surface area contributed by atoms with Crippen molar-refractivity contribution in [1.82, 2.24) is 0 Å². The van der Waals surface area contributed by atoms with Crippen LogP contribution in [0.3, 0.4) is 0 Å². The van der Waals surface area contributed by atoms with Crippen LogP contribution < -0.4 is 4.74 Å². The van der Waals surface area contributed by atoms with Crippen molar-refractivity contribution in [3.05, 3.63) is 24.3 Å². The molecule has 56 valence electrons. The van der Waals surface area contributed by atoms with Crippen LogP contribution in [0.5, 0.6) is 5.75 Å². The molecule has 0 saturated heterocycles. The quantitative estimate of drug-likeness (QED) is 0.542. The van der Waals surface area contributed by atoms with Gasteiger partial charge in [0.1, 0.15) is 5.75 Å².